The molecule has 3 heterocycles. The van der Waals surface area contributed by atoms with Crippen molar-refractivity contribution in [1.82, 2.24) is 14.3 Å². The molecule has 2 aromatic rings. The number of halogens is 3. The first-order chi connectivity index (χ1) is 9.46. The average Bonchev–Trinajstić information content (AvgIpc) is 2.79. The molecule has 0 atom stereocenters. The molecule has 20 heavy (non-hydrogen) atoms. The lowest BCUT2D eigenvalue weighted by molar-refractivity contribution is -0.0494. The summed E-state index contributed by atoms with van der Waals surface area (Å²) in [7, 11) is 0. The minimum atomic E-state index is -2.64. The Morgan fingerprint density at radius 3 is 2.70 bits per heavy atom. The van der Waals surface area contributed by atoms with Crippen LogP contribution in [0.3, 0.4) is 0 Å². The lowest BCUT2D eigenvalue weighted by Crippen LogP contribution is -2.42. The molecule has 0 N–H and O–H groups in total. The molecule has 1 aliphatic heterocycles. The second-order valence-corrected chi connectivity index (χ2v) is 5.92. The van der Waals surface area contributed by atoms with Crippen LogP contribution in [0.2, 0.25) is 0 Å². The Bertz CT molecular complexity index is 661. The summed E-state index contributed by atoms with van der Waals surface area (Å²) in [5, 5.41) is 0. The predicted molar refractivity (Wildman–Crippen MR) is 78.0 cm³/mol. The van der Waals surface area contributed by atoms with Crippen LogP contribution in [-0.2, 0) is 0 Å². The number of rotatable bonds is 1. The Morgan fingerprint density at radius 1 is 1.30 bits per heavy atom. The molecule has 0 spiro atoms. The number of carbonyl (C=O) groups is 1. The number of likely N-dealkylation sites (tertiary alicyclic amines) is 1. The molecule has 0 radical (unpaired) electrons. The standard InChI is InChI=1S/C13H12F2IN3O/c14-13(15)3-5-18(6-4-13)12(20)9-1-2-10-11(16)17-8-19(10)7-9/h1-2,7-8H,3-6H2. The number of hydrogen-bond acceptors (Lipinski definition) is 2. The van der Waals surface area contributed by atoms with Gasteiger partial charge in [-0.3, -0.25) is 4.79 Å². The fraction of sp³-hybridized carbons (Fsp3) is 0.385. The van der Waals surface area contributed by atoms with Gasteiger partial charge in [-0.25, -0.2) is 13.8 Å². The quantitative estimate of drug-likeness (QED) is 0.702. The molecular weight excluding hydrogens is 379 g/mol. The van der Waals surface area contributed by atoms with E-state index < -0.39 is 5.92 Å². The summed E-state index contributed by atoms with van der Waals surface area (Å²) in [6.45, 7) is 0.205. The largest absolute Gasteiger partial charge is 0.338 e. The van der Waals surface area contributed by atoms with Crippen LogP contribution in [0.4, 0.5) is 8.78 Å². The van der Waals surface area contributed by atoms with E-state index in [1.54, 1.807) is 23.0 Å². The van der Waals surface area contributed by atoms with Gasteiger partial charge in [-0.1, -0.05) is 0 Å². The number of pyridine rings is 1. The van der Waals surface area contributed by atoms with Crippen LogP contribution >= 0.6 is 22.6 Å². The van der Waals surface area contributed by atoms with Gasteiger partial charge in [-0.15, -0.1) is 0 Å². The number of nitrogens with zero attached hydrogens (tertiary/aromatic N) is 3. The number of aromatic nitrogens is 2. The van der Waals surface area contributed by atoms with Crippen molar-refractivity contribution in [3.05, 3.63) is 33.9 Å². The van der Waals surface area contributed by atoms with Gasteiger partial charge >= 0.3 is 0 Å². The molecule has 1 saturated heterocycles. The van der Waals surface area contributed by atoms with E-state index in [1.165, 1.54) is 4.90 Å². The van der Waals surface area contributed by atoms with E-state index in [-0.39, 0.29) is 31.8 Å². The molecule has 1 aliphatic rings. The van der Waals surface area contributed by atoms with Gasteiger partial charge in [0.2, 0.25) is 0 Å². The Hall–Kier alpha value is -1.25. The van der Waals surface area contributed by atoms with Crippen molar-refractivity contribution >= 4 is 34.0 Å². The van der Waals surface area contributed by atoms with Crippen molar-refractivity contribution in [2.24, 2.45) is 0 Å². The summed E-state index contributed by atoms with van der Waals surface area (Å²) in [6.07, 6.45) is 2.81. The molecule has 0 aromatic carbocycles. The van der Waals surface area contributed by atoms with Crippen LogP contribution in [0.1, 0.15) is 23.2 Å². The minimum absolute atomic E-state index is 0.103. The van der Waals surface area contributed by atoms with Crippen molar-refractivity contribution in [3.8, 4) is 0 Å². The fourth-order valence-electron chi connectivity index (χ4n) is 2.31. The summed E-state index contributed by atoms with van der Waals surface area (Å²) >= 11 is 2.12. The number of alkyl halides is 2. The normalized spacial score (nSPS) is 18.4. The van der Waals surface area contributed by atoms with Crippen LogP contribution < -0.4 is 0 Å². The van der Waals surface area contributed by atoms with Crippen LogP contribution in [0, 0.1) is 3.70 Å². The highest BCUT2D eigenvalue weighted by atomic mass is 127. The van der Waals surface area contributed by atoms with Crippen LogP contribution in [-0.4, -0.2) is 39.2 Å². The molecule has 106 valence electrons. The maximum absolute atomic E-state index is 13.1. The van der Waals surface area contributed by atoms with Gasteiger partial charge in [0.25, 0.3) is 11.8 Å². The lowest BCUT2D eigenvalue weighted by Gasteiger charge is -2.31. The highest BCUT2D eigenvalue weighted by Gasteiger charge is 2.35. The Balaban J connectivity index is 1.82. The lowest BCUT2D eigenvalue weighted by atomic mass is 10.1. The molecule has 1 amide bonds. The highest BCUT2D eigenvalue weighted by molar-refractivity contribution is 14.1. The van der Waals surface area contributed by atoms with Crippen molar-refractivity contribution in [3.63, 3.8) is 0 Å². The average molecular weight is 391 g/mol. The molecule has 0 aliphatic carbocycles. The first-order valence-electron chi connectivity index (χ1n) is 6.26. The van der Waals surface area contributed by atoms with E-state index in [0.29, 0.717) is 5.56 Å². The number of piperidine rings is 1. The third kappa shape index (κ3) is 2.50. The van der Waals surface area contributed by atoms with Gasteiger partial charge in [0.15, 0.2) is 0 Å². The van der Waals surface area contributed by atoms with Gasteiger partial charge in [-0.2, -0.15) is 0 Å². The summed E-state index contributed by atoms with van der Waals surface area (Å²) in [5.41, 5.74) is 1.42. The van der Waals surface area contributed by atoms with E-state index in [2.05, 4.69) is 27.6 Å². The third-order valence-corrected chi connectivity index (χ3v) is 4.34. The fourth-order valence-corrected chi connectivity index (χ4v) is 2.90. The van der Waals surface area contributed by atoms with Gasteiger partial charge in [0.1, 0.15) is 10.0 Å². The maximum Gasteiger partial charge on any atom is 0.255 e. The molecule has 0 saturated carbocycles. The monoisotopic (exact) mass is 391 g/mol. The van der Waals surface area contributed by atoms with Gasteiger partial charge in [-0.05, 0) is 34.7 Å². The third-order valence-electron chi connectivity index (χ3n) is 3.51. The molecule has 0 bridgehead atoms. The smallest absolute Gasteiger partial charge is 0.255 e. The maximum atomic E-state index is 13.1. The van der Waals surface area contributed by atoms with Gasteiger partial charge in [0, 0.05) is 32.1 Å². The SMILES string of the molecule is O=C(c1ccc2c(I)ncn2c1)N1CCC(F)(F)CC1. The number of carbonyl (C=O) groups excluding carboxylic acids is 1. The van der Waals surface area contributed by atoms with E-state index in [0.717, 1.165) is 9.22 Å². The van der Waals surface area contributed by atoms with Crippen molar-refractivity contribution in [2.75, 3.05) is 13.1 Å². The van der Waals surface area contributed by atoms with E-state index in [4.69, 9.17) is 0 Å². The zero-order chi connectivity index (χ0) is 14.3. The zero-order valence-electron chi connectivity index (χ0n) is 10.5. The van der Waals surface area contributed by atoms with Gasteiger partial charge < -0.3 is 9.30 Å². The van der Waals surface area contributed by atoms with Crippen LogP contribution in [0.5, 0.6) is 0 Å². The van der Waals surface area contributed by atoms with Crippen LogP contribution in [0.25, 0.3) is 5.52 Å². The summed E-state index contributed by atoms with van der Waals surface area (Å²) in [6, 6.07) is 3.54. The van der Waals surface area contributed by atoms with Gasteiger partial charge in [0.05, 0.1) is 11.1 Å². The van der Waals surface area contributed by atoms with Crippen molar-refractivity contribution in [1.29, 1.82) is 0 Å². The number of hydrogen-bond donors (Lipinski definition) is 0. The predicted octanol–water partition coefficient (Wildman–Crippen LogP) is 2.81. The second-order valence-electron chi connectivity index (χ2n) is 4.89. The summed E-state index contributed by atoms with van der Waals surface area (Å²) in [5.74, 6) is -2.84. The topological polar surface area (TPSA) is 37.6 Å². The Morgan fingerprint density at radius 2 is 2.00 bits per heavy atom. The Labute approximate surface area is 127 Å². The second kappa shape index (κ2) is 4.94. The van der Waals surface area contributed by atoms with Crippen molar-refractivity contribution < 1.29 is 13.6 Å². The van der Waals surface area contributed by atoms with E-state index in [9.17, 15) is 13.6 Å². The molecule has 7 heteroatoms. The molecule has 1 fully saturated rings. The van der Waals surface area contributed by atoms with E-state index in [1.807, 2.05) is 6.07 Å². The first-order valence-corrected chi connectivity index (χ1v) is 7.33. The molecule has 0 unspecified atom stereocenters. The van der Waals surface area contributed by atoms with E-state index >= 15 is 0 Å². The molecular formula is C13H12F2IN3O. The summed E-state index contributed by atoms with van der Waals surface area (Å²) < 4.78 is 28.8. The van der Waals surface area contributed by atoms with Crippen LogP contribution in [0.15, 0.2) is 24.7 Å². The number of fused-ring (bicyclic) bond motifs is 1. The highest BCUT2D eigenvalue weighted by Crippen LogP contribution is 2.28. The zero-order valence-corrected chi connectivity index (χ0v) is 12.7. The first kappa shape index (κ1) is 13.7. The molecule has 3 rings (SSSR count). The molecule has 2 aromatic heterocycles. The molecule has 4 nitrogen and oxygen atoms in total. The van der Waals surface area contributed by atoms with Crippen molar-refractivity contribution in [2.45, 2.75) is 18.8 Å². The summed E-state index contributed by atoms with van der Waals surface area (Å²) in [4.78, 5) is 17.9. The number of imidazole rings is 1. The Kier molecular flexibility index (Phi) is 3.39. The minimum Gasteiger partial charge on any atom is -0.338 e. The number of amides is 1.